The topological polar surface area (TPSA) is 6.48 Å². The van der Waals surface area contributed by atoms with Crippen LogP contribution in [0.25, 0.3) is 0 Å². The van der Waals surface area contributed by atoms with Crippen molar-refractivity contribution in [3.63, 3.8) is 0 Å². The van der Waals surface area contributed by atoms with Gasteiger partial charge in [0.15, 0.2) is 0 Å². The van der Waals surface area contributed by atoms with Crippen molar-refractivity contribution in [2.24, 2.45) is 0 Å². The van der Waals surface area contributed by atoms with E-state index in [1.54, 1.807) is 0 Å². The Balaban J connectivity index is 4.12. The average Bonchev–Trinajstić information content (AvgIpc) is 2.89. The van der Waals surface area contributed by atoms with Gasteiger partial charge in [0.05, 0.1) is 0 Å². The zero-order valence-corrected chi connectivity index (χ0v) is 25.6. The molecule has 2 heteroatoms. The minimum atomic E-state index is 1.15. The van der Waals surface area contributed by atoms with Crippen molar-refractivity contribution in [2.45, 2.75) is 156 Å². The lowest BCUT2D eigenvalue weighted by Gasteiger charge is -2.23. The molecule has 0 aliphatic carbocycles. The van der Waals surface area contributed by atoms with Crippen LogP contribution < -0.4 is 0 Å². The smallest absolute Gasteiger partial charge is 0.0163 e. The Bertz CT molecular complexity index is 414. The quantitative estimate of drug-likeness (QED) is 0.0738. The molecule has 0 aromatic heterocycles. The highest BCUT2D eigenvalue weighted by Crippen LogP contribution is 2.09. The molecule has 0 N–H and O–H groups in total. The molecule has 0 heterocycles. The molecule has 0 aromatic carbocycles. The second-order valence-electron chi connectivity index (χ2n) is 11.1. The molecule has 0 aromatic rings. The van der Waals surface area contributed by atoms with Gasteiger partial charge < -0.3 is 0 Å². The van der Waals surface area contributed by atoms with Crippen molar-refractivity contribution >= 4 is 0 Å². The third-order valence-corrected chi connectivity index (χ3v) is 7.36. The second-order valence-corrected chi connectivity index (χ2v) is 11.1. The van der Waals surface area contributed by atoms with Gasteiger partial charge in [-0.2, -0.15) is 0 Å². The van der Waals surface area contributed by atoms with Gasteiger partial charge >= 0.3 is 0 Å². The van der Waals surface area contributed by atoms with Gasteiger partial charge in [-0.1, -0.05) is 129 Å². The molecule has 0 spiro atoms. The lowest BCUT2D eigenvalue weighted by Crippen LogP contribution is -2.29. The van der Waals surface area contributed by atoms with Crippen LogP contribution >= 0.6 is 0 Å². The Morgan fingerprint density at radius 3 is 1.06 bits per heavy atom. The number of rotatable bonds is 29. The van der Waals surface area contributed by atoms with Crippen LogP contribution in [0.3, 0.4) is 0 Å². The summed E-state index contributed by atoms with van der Waals surface area (Å²) in [7, 11) is 0. The second kappa shape index (κ2) is 30.6. The van der Waals surface area contributed by atoms with Crippen molar-refractivity contribution in [1.82, 2.24) is 9.80 Å². The van der Waals surface area contributed by atoms with Gasteiger partial charge in [-0.3, -0.25) is 9.80 Å². The normalized spacial score (nSPS) is 12.3. The predicted molar refractivity (Wildman–Crippen MR) is 166 cm³/mol. The minimum Gasteiger partial charge on any atom is -0.300 e. The van der Waals surface area contributed by atoms with Crippen molar-refractivity contribution in [3.8, 4) is 0 Å². The van der Waals surface area contributed by atoms with E-state index in [4.69, 9.17) is 0 Å². The third kappa shape index (κ3) is 26.5. The van der Waals surface area contributed by atoms with Crippen molar-refractivity contribution in [2.75, 3.05) is 39.3 Å². The molecule has 0 aliphatic heterocycles. The van der Waals surface area contributed by atoms with E-state index in [0.29, 0.717) is 0 Å². The first kappa shape index (κ1) is 35.4. The van der Waals surface area contributed by atoms with E-state index in [2.05, 4.69) is 61.8 Å². The first-order valence-corrected chi connectivity index (χ1v) is 16.5. The van der Waals surface area contributed by atoms with Crippen LogP contribution in [0.15, 0.2) is 24.3 Å². The number of hydrogen-bond donors (Lipinski definition) is 0. The van der Waals surface area contributed by atoms with E-state index in [1.165, 1.54) is 155 Å². The molecule has 0 unspecified atom stereocenters. The summed E-state index contributed by atoms with van der Waals surface area (Å²) in [6.45, 7) is 16.6. The van der Waals surface area contributed by atoms with Gasteiger partial charge in [0.25, 0.3) is 0 Å². The van der Waals surface area contributed by atoms with E-state index in [9.17, 15) is 0 Å². The summed E-state index contributed by atoms with van der Waals surface area (Å²) >= 11 is 0. The van der Waals surface area contributed by atoms with Crippen LogP contribution in [0.1, 0.15) is 156 Å². The number of nitrogens with zero attached hydrogens (tertiary/aromatic N) is 2. The highest BCUT2D eigenvalue weighted by molar-refractivity contribution is 4.86. The van der Waals surface area contributed by atoms with E-state index in [-0.39, 0.29) is 0 Å². The maximum Gasteiger partial charge on any atom is 0.0163 e. The van der Waals surface area contributed by atoms with Crippen LogP contribution in [-0.2, 0) is 0 Å². The molecule has 0 fully saturated rings. The van der Waals surface area contributed by atoms with E-state index in [1.807, 2.05) is 0 Å². The first-order valence-electron chi connectivity index (χ1n) is 16.5. The van der Waals surface area contributed by atoms with Crippen LogP contribution in [0.4, 0.5) is 0 Å². The van der Waals surface area contributed by atoms with Gasteiger partial charge in [0.1, 0.15) is 0 Å². The van der Waals surface area contributed by atoms with Crippen LogP contribution in [0, 0.1) is 0 Å². The Morgan fingerprint density at radius 2 is 0.667 bits per heavy atom. The molecule has 36 heavy (non-hydrogen) atoms. The number of unbranched alkanes of at least 4 members (excludes halogenated alkanes) is 15. The molecule has 0 bridgehead atoms. The van der Waals surface area contributed by atoms with Crippen molar-refractivity contribution in [3.05, 3.63) is 24.3 Å². The van der Waals surface area contributed by atoms with Gasteiger partial charge in [-0.05, 0) is 77.5 Å². The van der Waals surface area contributed by atoms with E-state index >= 15 is 0 Å². The molecule has 214 valence electrons. The molecule has 0 saturated heterocycles. The van der Waals surface area contributed by atoms with E-state index in [0.717, 1.165) is 13.1 Å². The summed E-state index contributed by atoms with van der Waals surface area (Å²) in [6, 6.07) is 0. The zero-order chi connectivity index (χ0) is 26.4. The molecule has 0 saturated carbocycles. The Kier molecular flexibility index (Phi) is 30.1. The fourth-order valence-electron chi connectivity index (χ4n) is 4.79. The average molecular weight is 505 g/mol. The predicted octanol–water partition coefficient (Wildman–Crippen LogP) is 10.6. The van der Waals surface area contributed by atoms with Crippen molar-refractivity contribution < 1.29 is 0 Å². The van der Waals surface area contributed by atoms with Crippen LogP contribution in [0.5, 0.6) is 0 Å². The molecule has 2 nitrogen and oxygen atoms in total. The minimum absolute atomic E-state index is 1.15. The maximum absolute atomic E-state index is 2.69. The van der Waals surface area contributed by atoms with Crippen LogP contribution in [0.2, 0.25) is 0 Å². The zero-order valence-electron chi connectivity index (χ0n) is 25.6. The largest absolute Gasteiger partial charge is 0.300 e. The van der Waals surface area contributed by atoms with Gasteiger partial charge in [-0.25, -0.2) is 0 Å². The fourth-order valence-corrected chi connectivity index (χ4v) is 4.79. The molecule has 0 rings (SSSR count). The standard InChI is InChI=1S/C34H68N2/c1-5-9-13-15-17-19-21-23-25-31-35(29-11-7-3)33-27-28-34-36(30-12-8-4)32-26-24-22-20-18-16-14-10-6-2/h23-26H,5-22,27-34H2,1-4H3/b25-23+,26-24+. The molecule has 0 radical (unpaired) electrons. The molecule has 0 aliphatic rings. The van der Waals surface area contributed by atoms with Gasteiger partial charge in [0.2, 0.25) is 0 Å². The Morgan fingerprint density at radius 1 is 0.333 bits per heavy atom. The van der Waals surface area contributed by atoms with Gasteiger partial charge in [-0.15, -0.1) is 0 Å². The first-order chi connectivity index (χ1) is 17.8. The summed E-state index contributed by atoms with van der Waals surface area (Å²) in [4.78, 5) is 5.39. The summed E-state index contributed by atoms with van der Waals surface area (Å²) in [6.07, 6.45) is 37.0. The highest BCUT2D eigenvalue weighted by Gasteiger charge is 2.05. The van der Waals surface area contributed by atoms with Crippen LogP contribution in [-0.4, -0.2) is 49.1 Å². The fraction of sp³-hybridized carbons (Fsp3) is 0.882. The number of hydrogen-bond acceptors (Lipinski definition) is 2. The van der Waals surface area contributed by atoms with Crippen molar-refractivity contribution in [1.29, 1.82) is 0 Å². The monoisotopic (exact) mass is 505 g/mol. The summed E-state index contributed by atoms with van der Waals surface area (Å²) in [5.41, 5.74) is 0. The molecular weight excluding hydrogens is 436 g/mol. The van der Waals surface area contributed by atoms with E-state index < -0.39 is 0 Å². The lowest BCUT2D eigenvalue weighted by molar-refractivity contribution is 0.261. The third-order valence-electron chi connectivity index (χ3n) is 7.36. The molecule has 0 amide bonds. The molecular formula is C34H68N2. The lowest BCUT2D eigenvalue weighted by atomic mass is 10.1. The maximum atomic E-state index is 2.69. The summed E-state index contributed by atoms with van der Waals surface area (Å²) in [5, 5.41) is 0. The SMILES string of the molecule is CCCCCCCC/C=C/CN(CCCC)CCCCN(C/C=C/CCCCCCCC)CCCC. The van der Waals surface area contributed by atoms with Gasteiger partial charge in [0, 0.05) is 13.1 Å². The summed E-state index contributed by atoms with van der Waals surface area (Å²) < 4.78 is 0. The Labute approximate surface area is 229 Å². The number of allylic oxidation sites excluding steroid dienone is 2. The molecule has 0 atom stereocenters. The summed E-state index contributed by atoms with van der Waals surface area (Å²) in [5.74, 6) is 0. The highest BCUT2D eigenvalue weighted by atomic mass is 15.1. The Hall–Kier alpha value is -0.600.